The van der Waals surface area contributed by atoms with Gasteiger partial charge in [-0.1, -0.05) is 0 Å². The van der Waals surface area contributed by atoms with E-state index in [9.17, 15) is 0 Å². The van der Waals surface area contributed by atoms with Crippen LogP contribution in [0.2, 0.25) is 0 Å². The van der Waals surface area contributed by atoms with Crippen molar-refractivity contribution >= 4 is 17.6 Å². The van der Waals surface area contributed by atoms with Crippen LogP contribution in [0.4, 0.5) is 5.82 Å². The van der Waals surface area contributed by atoms with Gasteiger partial charge >= 0.3 is 0 Å². The fourth-order valence-electron chi connectivity index (χ4n) is 1.60. The predicted molar refractivity (Wildman–Crippen MR) is 60.7 cm³/mol. The number of nitrogens with zero attached hydrogens (tertiary/aromatic N) is 2. The van der Waals surface area contributed by atoms with Crippen LogP contribution in [0.1, 0.15) is 18.5 Å². The van der Waals surface area contributed by atoms with E-state index in [-0.39, 0.29) is 0 Å². The Morgan fingerprint density at radius 1 is 1.50 bits per heavy atom. The highest BCUT2D eigenvalue weighted by molar-refractivity contribution is 8.00. The Bertz CT molecular complexity index is 297. The van der Waals surface area contributed by atoms with Crippen LogP contribution in [0.25, 0.3) is 0 Å². The molecular formula is C10H15N3S. The number of hydrogen-bond donors (Lipinski definition) is 1. The summed E-state index contributed by atoms with van der Waals surface area (Å²) in [5.41, 5.74) is 0.982. The van der Waals surface area contributed by atoms with Crippen molar-refractivity contribution < 1.29 is 0 Å². The Morgan fingerprint density at radius 2 is 2.36 bits per heavy atom. The Morgan fingerprint density at radius 3 is 3.07 bits per heavy atom. The minimum Gasteiger partial charge on any atom is -0.367 e. The number of nitrogens with one attached hydrogen (secondary N) is 1. The zero-order valence-corrected chi connectivity index (χ0v) is 9.18. The molecule has 1 atom stereocenters. The molecule has 0 spiro atoms. The fourth-order valence-corrected chi connectivity index (χ4v) is 2.80. The summed E-state index contributed by atoms with van der Waals surface area (Å²) in [5.74, 6) is 2.24. The van der Waals surface area contributed by atoms with Gasteiger partial charge in [0.15, 0.2) is 0 Å². The third-order valence-electron chi connectivity index (χ3n) is 2.40. The van der Waals surface area contributed by atoms with Gasteiger partial charge in [-0.25, -0.2) is 4.98 Å². The van der Waals surface area contributed by atoms with Crippen LogP contribution in [0.3, 0.4) is 0 Å². The summed E-state index contributed by atoms with van der Waals surface area (Å²) >= 11 is 2.06. The molecular weight excluding hydrogens is 194 g/mol. The molecule has 76 valence electrons. The van der Waals surface area contributed by atoms with E-state index in [1.54, 1.807) is 12.4 Å². The fraction of sp³-hybridized carbons (Fsp3) is 0.600. The third-order valence-corrected chi connectivity index (χ3v) is 3.80. The molecule has 2 rings (SSSR count). The van der Waals surface area contributed by atoms with Crippen LogP contribution in [0.5, 0.6) is 0 Å². The molecule has 1 N–H and O–H groups in total. The van der Waals surface area contributed by atoms with Crippen molar-refractivity contribution in [1.82, 2.24) is 9.97 Å². The molecule has 0 amide bonds. The highest BCUT2D eigenvalue weighted by Crippen LogP contribution is 2.26. The van der Waals surface area contributed by atoms with Crippen molar-refractivity contribution in [1.29, 1.82) is 0 Å². The molecule has 1 aliphatic rings. The Labute approximate surface area is 88.7 Å². The summed E-state index contributed by atoms with van der Waals surface area (Å²) in [7, 11) is 0. The number of thioether (sulfide) groups is 1. The first-order chi connectivity index (χ1) is 6.86. The van der Waals surface area contributed by atoms with E-state index in [2.05, 4.69) is 27.0 Å². The van der Waals surface area contributed by atoms with Crippen molar-refractivity contribution in [2.24, 2.45) is 0 Å². The molecule has 4 heteroatoms. The topological polar surface area (TPSA) is 37.8 Å². The molecule has 3 nitrogen and oxygen atoms in total. The van der Waals surface area contributed by atoms with Crippen LogP contribution < -0.4 is 5.32 Å². The highest BCUT2D eigenvalue weighted by Gasteiger charge is 2.15. The molecule has 1 saturated heterocycles. The maximum absolute atomic E-state index is 4.26. The van der Waals surface area contributed by atoms with Crippen molar-refractivity contribution in [2.45, 2.75) is 25.0 Å². The molecule has 2 heterocycles. The highest BCUT2D eigenvalue weighted by atomic mass is 32.2. The van der Waals surface area contributed by atoms with Gasteiger partial charge in [0, 0.05) is 24.2 Å². The average Bonchev–Trinajstić information content (AvgIpc) is 2.69. The Hall–Kier alpha value is -0.770. The van der Waals surface area contributed by atoms with Gasteiger partial charge < -0.3 is 5.32 Å². The first kappa shape index (κ1) is 9.77. The van der Waals surface area contributed by atoms with Gasteiger partial charge in [0.05, 0.1) is 5.69 Å². The van der Waals surface area contributed by atoms with Crippen molar-refractivity contribution in [3.63, 3.8) is 0 Å². The molecule has 14 heavy (non-hydrogen) atoms. The number of anilines is 1. The summed E-state index contributed by atoms with van der Waals surface area (Å²) < 4.78 is 0. The summed E-state index contributed by atoms with van der Waals surface area (Å²) in [6, 6.07) is 0. The third kappa shape index (κ3) is 2.38. The second-order valence-corrected chi connectivity index (χ2v) is 4.91. The normalized spacial score (nSPS) is 21.1. The largest absolute Gasteiger partial charge is 0.367 e. The molecule has 1 aromatic rings. The van der Waals surface area contributed by atoms with Crippen molar-refractivity contribution in [3.05, 3.63) is 18.1 Å². The molecule has 0 radical (unpaired) electrons. The standard InChI is InChI=1S/C10H15N3S/c1-8-10(12-5-4-11-8)13-7-9-3-2-6-14-9/h4-5,9H,2-3,6-7H2,1H3,(H,12,13). The van der Waals surface area contributed by atoms with Gasteiger partial charge in [-0.05, 0) is 25.5 Å². The van der Waals surface area contributed by atoms with Gasteiger partial charge in [-0.2, -0.15) is 11.8 Å². The van der Waals surface area contributed by atoms with Crippen LogP contribution in [-0.2, 0) is 0 Å². The van der Waals surface area contributed by atoms with E-state index in [0.717, 1.165) is 23.3 Å². The number of aromatic nitrogens is 2. The van der Waals surface area contributed by atoms with Gasteiger partial charge in [0.1, 0.15) is 5.82 Å². The lowest BCUT2D eigenvalue weighted by Crippen LogP contribution is -2.15. The van der Waals surface area contributed by atoms with E-state index < -0.39 is 0 Å². The molecule has 0 aromatic carbocycles. The summed E-state index contributed by atoms with van der Waals surface area (Å²) in [5, 5.41) is 4.12. The minimum atomic E-state index is 0.761. The maximum Gasteiger partial charge on any atom is 0.147 e. The molecule has 1 aliphatic heterocycles. The lowest BCUT2D eigenvalue weighted by atomic mass is 10.2. The second kappa shape index (κ2) is 4.64. The molecule has 1 aromatic heterocycles. The van der Waals surface area contributed by atoms with Crippen molar-refractivity contribution in [3.8, 4) is 0 Å². The van der Waals surface area contributed by atoms with Crippen LogP contribution >= 0.6 is 11.8 Å². The average molecular weight is 209 g/mol. The minimum absolute atomic E-state index is 0.761. The zero-order chi connectivity index (χ0) is 9.80. The van der Waals surface area contributed by atoms with Gasteiger partial charge in [-0.15, -0.1) is 0 Å². The SMILES string of the molecule is Cc1nccnc1NCC1CCCS1. The summed E-state index contributed by atoms with van der Waals surface area (Å²) in [6.45, 7) is 3.00. The molecule has 0 bridgehead atoms. The van der Waals surface area contributed by atoms with Crippen molar-refractivity contribution in [2.75, 3.05) is 17.6 Å². The number of aryl methyl sites for hydroxylation is 1. The second-order valence-electron chi connectivity index (χ2n) is 3.51. The van der Waals surface area contributed by atoms with Crippen LogP contribution in [0.15, 0.2) is 12.4 Å². The Balaban J connectivity index is 1.88. The zero-order valence-electron chi connectivity index (χ0n) is 8.36. The van der Waals surface area contributed by atoms with E-state index in [4.69, 9.17) is 0 Å². The van der Waals surface area contributed by atoms with E-state index >= 15 is 0 Å². The molecule has 1 unspecified atom stereocenters. The van der Waals surface area contributed by atoms with Crippen LogP contribution in [-0.4, -0.2) is 27.5 Å². The lowest BCUT2D eigenvalue weighted by molar-refractivity contribution is 0.802. The molecule has 1 fully saturated rings. The lowest BCUT2D eigenvalue weighted by Gasteiger charge is -2.11. The first-order valence-corrected chi connectivity index (χ1v) is 6.04. The smallest absolute Gasteiger partial charge is 0.147 e. The van der Waals surface area contributed by atoms with E-state index in [0.29, 0.717) is 0 Å². The van der Waals surface area contributed by atoms with E-state index in [1.807, 2.05) is 6.92 Å². The van der Waals surface area contributed by atoms with Gasteiger partial charge in [0.25, 0.3) is 0 Å². The monoisotopic (exact) mass is 209 g/mol. The molecule has 0 saturated carbocycles. The van der Waals surface area contributed by atoms with Crippen LogP contribution in [0, 0.1) is 6.92 Å². The summed E-state index contributed by atoms with van der Waals surface area (Å²) in [6.07, 6.45) is 6.15. The van der Waals surface area contributed by atoms with E-state index in [1.165, 1.54) is 18.6 Å². The Kier molecular flexibility index (Phi) is 3.24. The number of rotatable bonds is 3. The van der Waals surface area contributed by atoms with Gasteiger partial charge in [-0.3, -0.25) is 4.98 Å². The van der Waals surface area contributed by atoms with Gasteiger partial charge in [0.2, 0.25) is 0 Å². The quantitative estimate of drug-likeness (QED) is 0.827. The summed E-state index contributed by atoms with van der Waals surface area (Å²) in [4.78, 5) is 8.45. The predicted octanol–water partition coefficient (Wildman–Crippen LogP) is 2.09. The molecule has 0 aliphatic carbocycles. The maximum atomic E-state index is 4.26. The number of hydrogen-bond acceptors (Lipinski definition) is 4. The first-order valence-electron chi connectivity index (χ1n) is 4.99.